The van der Waals surface area contributed by atoms with Crippen LogP contribution in [-0.4, -0.2) is 24.1 Å². The van der Waals surface area contributed by atoms with E-state index in [0.29, 0.717) is 9.13 Å². The molecule has 0 spiro atoms. The number of aromatic hydroxyl groups is 1. The first-order valence-electron chi connectivity index (χ1n) is 4.42. The van der Waals surface area contributed by atoms with Crippen LogP contribution in [-0.2, 0) is 0 Å². The van der Waals surface area contributed by atoms with Crippen LogP contribution in [0.4, 0.5) is 0 Å². The lowest BCUT2D eigenvalue weighted by Crippen LogP contribution is -2.25. The minimum absolute atomic E-state index is 0.0725. The van der Waals surface area contributed by atoms with Gasteiger partial charge >= 0.3 is 0 Å². The Morgan fingerprint density at radius 3 is 3.00 bits per heavy atom. The van der Waals surface area contributed by atoms with E-state index >= 15 is 0 Å². The van der Waals surface area contributed by atoms with Gasteiger partial charge in [0.2, 0.25) is 0 Å². The van der Waals surface area contributed by atoms with E-state index < -0.39 is 0 Å². The molecule has 2 N–H and O–H groups in total. The summed E-state index contributed by atoms with van der Waals surface area (Å²) in [6.07, 6.45) is 0. The number of nitrogens with one attached hydrogen (secondary N) is 1. The number of hydrogen-bond donors (Lipinski definition) is 2. The van der Waals surface area contributed by atoms with Crippen LogP contribution < -0.4 is 5.32 Å². The molecular weight excluding hydrogens is 323 g/mol. The number of phenols is 1. The Bertz CT molecular complexity index is 443. The summed E-state index contributed by atoms with van der Waals surface area (Å²) >= 11 is 1.97. The van der Waals surface area contributed by atoms with Crippen LogP contribution in [0.3, 0.4) is 0 Å². The van der Waals surface area contributed by atoms with Crippen molar-refractivity contribution in [3.05, 3.63) is 37.8 Å². The average Bonchev–Trinajstić information content (AvgIpc) is 2.28. The quantitative estimate of drug-likeness (QED) is 0.290. The van der Waals surface area contributed by atoms with Gasteiger partial charge in [-0.2, -0.15) is 0 Å². The zero-order chi connectivity index (χ0) is 12.0. The van der Waals surface area contributed by atoms with Crippen LogP contribution in [0.1, 0.15) is 10.4 Å². The molecule has 1 rings (SSSR count). The van der Waals surface area contributed by atoms with E-state index in [1.54, 1.807) is 12.1 Å². The Morgan fingerprint density at radius 1 is 1.62 bits per heavy atom. The second kappa shape index (κ2) is 6.19. The lowest BCUT2D eigenvalue weighted by Gasteiger charge is -2.04. The van der Waals surface area contributed by atoms with Gasteiger partial charge in [-0.05, 0) is 46.3 Å². The fraction of sp³-hybridized carbons (Fsp3) is 0.222. The molecule has 0 aliphatic carbocycles. The SMILES string of the molecule is [N-]=[N+]=NCCNC(=O)c1ccc(I)c(O)c1. The van der Waals surface area contributed by atoms with Crippen LogP contribution in [0.25, 0.3) is 10.4 Å². The van der Waals surface area contributed by atoms with E-state index in [9.17, 15) is 9.90 Å². The molecule has 6 nitrogen and oxygen atoms in total. The molecule has 0 fully saturated rings. The topological polar surface area (TPSA) is 98.1 Å². The number of amides is 1. The molecular formula is C9H9IN4O2. The minimum Gasteiger partial charge on any atom is -0.507 e. The molecule has 16 heavy (non-hydrogen) atoms. The van der Waals surface area contributed by atoms with Crippen LogP contribution >= 0.6 is 22.6 Å². The average molecular weight is 332 g/mol. The molecule has 0 saturated carbocycles. The van der Waals surface area contributed by atoms with Crippen molar-refractivity contribution in [1.29, 1.82) is 0 Å². The van der Waals surface area contributed by atoms with Gasteiger partial charge in [0.15, 0.2) is 0 Å². The van der Waals surface area contributed by atoms with Gasteiger partial charge in [0.25, 0.3) is 5.91 Å². The van der Waals surface area contributed by atoms with Crippen molar-refractivity contribution >= 4 is 28.5 Å². The highest BCUT2D eigenvalue weighted by atomic mass is 127. The first-order chi connectivity index (χ1) is 7.65. The zero-order valence-electron chi connectivity index (χ0n) is 8.22. The molecule has 1 aromatic rings. The molecule has 1 amide bonds. The highest BCUT2D eigenvalue weighted by molar-refractivity contribution is 14.1. The Morgan fingerprint density at radius 2 is 2.38 bits per heavy atom. The smallest absolute Gasteiger partial charge is 0.251 e. The molecule has 0 aliphatic rings. The number of carbonyl (C=O) groups excluding carboxylic acids is 1. The second-order valence-corrected chi connectivity index (χ2v) is 4.04. The normalized spacial score (nSPS) is 9.31. The molecule has 0 atom stereocenters. The zero-order valence-corrected chi connectivity index (χ0v) is 10.4. The number of carbonyl (C=O) groups is 1. The molecule has 84 valence electrons. The minimum atomic E-state index is -0.306. The van der Waals surface area contributed by atoms with E-state index in [2.05, 4.69) is 15.3 Å². The Hall–Kier alpha value is -1.47. The first-order valence-corrected chi connectivity index (χ1v) is 5.50. The van der Waals surface area contributed by atoms with Gasteiger partial charge in [-0.25, -0.2) is 0 Å². The van der Waals surface area contributed by atoms with Gasteiger partial charge in [-0.1, -0.05) is 5.11 Å². The van der Waals surface area contributed by atoms with Gasteiger partial charge in [0, 0.05) is 23.6 Å². The maximum absolute atomic E-state index is 11.5. The number of rotatable bonds is 4. The third-order valence-corrected chi connectivity index (χ3v) is 2.68. The molecule has 7 heteroatoms. The maximum Gasteiger partial charge on any atom is 0.251 e. The highest BCUT2D eigenvalue weighted by Crippen LogP contribution is 2.20. The molecule has 0 heterocycles. The van der Waals surface area contributed by atoms with Gasteiger partial charge in [0.05, 0.1) is 3.57 Å². The number of phenolic OH excluding ortho intramolecular Hbond substituents is 1. The van der Waals surface area contributed by atoms with Crippen molar-refractivity contribution in [1.82, 2.24) is 5.32 Å². The highest BCUT2D eigenvalue weighted by Gasteiger charge is 2.06. The summed E-state index contributed by atoms with van der Waals surface area (Å²) in [6, 6.07) is 4.66. The number of halogens is 1. The number of azide groups is 1. The summed E-state index contributed by atoms with van der Waals surface area (Å²) in [4.78, 5) is 14.1. The number of hydrogen-bond acceptors (Lipinski definition) is 3. The Labute approximate surface area is 105 Å². The summed E-state index contributed by atoms with van der Waals surface area (Å²) in [5, 5.41) is 15.3. The summed E-state index contributed by atoms with van der Waals surface area (Å²) in [5.74, 6) is -0.233. The van der Waals surface area contributed by atoms with Crippen LogP contribution in [0.5, 0.6) is 5.75 Å². The Balaban J connectivity index is 2.59. The van der Waals surface area contributed by atoms with Gasteiger partial charge in [-0.3, -0.25) is 4.79 Å². The van der Waals surface area contributed by atoms with Crippen molar-refractivity contribution in [3.8, 4) is 5.75 Å². The summed E-state index contributed by atoms with van der Waals surface area (Å²) < 4.78 is 0.684. The van der Waals surface area contributed by atoms with E-state index in [1.807, 2.05) is 22.6 Å². The fourth-order valence-electron chi connectivity index (χ4n) is 1.02. The summed E-state index contributed by atoms with van der Waals surface area (Å²) in [5.41, 5.74) is 8.40. The second-order valence-electron chi connectivity index (χ2n) is 2.88. The lowest BCUT2D eigenvalue weighted by molar-refractivity contribution is 0.0954. The van der Waals surface area contributed by atoms with Crippen molar-refractivity contribution in [2.75, 3.05) is 13.1 Å². The van der Waals surface area contributed by atoms with E-state index in [1.165, 1.54) is 6.07 Å². The Kier molecular flexibility index (Phi) is 4.87. The van der Waals surface area contributed by atoms with Crippen LogP contribution in [0.2, 0.25) is 0 Å². The van der Waals surface area contributed by atoms with Crippen molar-refractivity contribution in [3.63, 3.8) is 0 Å². The van der Waals surface area contributed by atoms with Gasteiger partial charge in [0.1, 0.15) is 5.75 Å². The van der Waals surface area contributed by atoms with Gasteiger partial charge in [-0.15, -0.1) is 0 Å². The standard InChI is InChI=1S/C9H9IN4O2/c10-7-2-1-6(5-8(7)15)9(16)12-3-4-13-14-11/h1-2,5,15H,3-4H2,(H,12,16). The number of benzene rings is 1. The largest absolute Gasteiger partial charge is 0.507 e. The third kappa shape index (κ3) is 3.59. The van der Waals surface area contributed by atoms with Crippen LogP contribution in [0.15, 0.2) is 23.3 Å². The fourth-order valence-corrected chi connectivity index (χ4v) is 1.36. The predicted octanol–water partition coefficient (Wildman–Crippen LogP) is 2.04. The maximum atomic E-state index is 11.5. The first kappa shape index (κ1) is 12.6. The summed E-state index contributed by atoms with van der Waals surface area (Å²) in [6.45, 7) is 0.480. The van der Waals surface area contributed by atoms with E-state index in [4.69, 9.17) is 5.53 Å². The number of nitrogens with zero attached hydrogens (tertiary/aromatic N) is 3. The molecule has 0 aliphatic heterocycles. The van der Waals surface area contributed by atoms with Gasteiger partial charge < -0.3 is 10.4 Å². The summed E-state index contributed by atoms with van der Waals surface area (Å²) in [7, 11) is 0. The molecule has 1 aromatic carbocycles. The molecule has 0 bridgehead atoms. The molecule has 0 aromatic heterocycles. The lowest BCUT2D eigenvalue weighted by atomic mass is 10.2. The van der Waals surface area contributed by atoms with E-state index in [-0.39, 0.29) is 24.7 Å². The van der Waals surface area contributed by atoms with Crippen molar-refractivity contribution in [2.24, 2.45) is 5.11 Å². The van der Waals surface area contributed by atoms with Crippen molar-refractivity contribution < 1.29 is 9.90 Å². The van der Waals surface area contributed by atoms with E-state index in [0.717, 1.165) is 0 Å². The molecule has 0 unspecified atom stereocenters. The molecule has 0 saturated heterocycles. The third-order valence-electron chi connectivity index (χ3n) is 1.77. The predicted molar refractivity (Wildman–Crippen MR) is 67.2 cm³/mol. The monoisotopic (exact) mass is 332 g/mol. The van der Waals surface area contributed by atoms with Crippen molar-refractivity contribution in [2.45, 2.75) is 0 Å². The van der Waals surface area contributed by atoms with Crippen LogP contribution in [0, 0.1) is 3.57 Å². The molecule has 0 radical (unpaired) electrons.